The van der Waals surface area contributed by atoms with Crippen LogP contribution >= 0.6 is 0 Å². The van der Waals surface area contributed by atoms with Gasteiger partial charge in [-0.05, 0) is 24.1 Å². The van der Waals surface area contributed by atoms with Crippen molar-refractivity contribution in [3.63, 3.8) is 0 Å². The van der Waals surface area contributed by atoms with Gasteiger partial charge in [0.2, 0.25) is 5.89 Å². The van der Waals surface area contributed by atoms with E-state index in [1.165, 1.54) is 12.1 Å². The van der Waals surface area contributed by atoms with Crippen LogP contribution in [-0.4, -0.2) is 87.9 Å². The van der Waals surface area contributed by atoms with Crippen molar-refractivity contribution in [2.45, 2.75) is 31.0 Å². The largest absolute Gasteiger partial charge is 0.573 e. The Hall–Kier alpha value is -2.67. The molecule has 4 rings (SSSR count). The number of urea groups is 1. The van der Waals surface area contributed by atoms with Crippen LogP contribution in [0.4, 0.5) is 18.0 Å². The van der Waals surface area contributed by atoms with Gasteiger partial charge in [-0.2, -0.15) is 4.98 Å². The summed E-state index contributed by atoms with van der Waals surface area (Å²) in [6, 6.07) is 5.55. The van der Waals surface area contributed by atoms with Crippen LogP contribution in [0.2, 0.25) is 0 Å². The second-order valence-corrected chi connectivity index (χ2v) is 10.3. The van der Waals surface area contributed by atoms with Gasteiger partial charge < -0.3 is 23.8 Å². The Kier molecular flexibility index (Phi) is 7.95. The number of piperidine rings is 1. The lowest BCUT2D eigenvalue weighted by molar-refractivity contribution is -0.274. The highest BCUT2D eigenvalue weighted by molar-refractivity contribution is 7.85. The van der Waals surface area contributed by atoms with Gasteiger partial charge in [0.05, 0.1) is 12.5 Å². The van der Waals surface area contributed by atoms with Crippen LogP contribution < -0.4 is 4.74 Å². The number of rotatable bonds is 6. The van der Waals surface area contributed by atoms with E-state index >= 15 is 0 Å². The summed E-state index contributed by atoms with van der Waals surface area (Å²) in [6.07, 6.45) is -3.69. The first-order valence-electron chi connectivity index (χ1n) is 11.3. The van der Waals surface area contributed by atoms with Crippen LogP contribution in [0.3, 0.4) is 0 Å². The Labute approximate surface area is 203 Å². The average Bonchev–Trinajstić information content (AvgIpc) is 3.31. The first-order chi connectivity index (χ1) is 16.7. The number of alkyl halides is 3. The Morgan fingerprint density at radius 2 is 1.83 bits per heavy atom. The quantitative estimate of drug-likeness (QED) is 0.582. The third-order valence-corrected chi connectivity index (χ3v) is 7.39. The molecule has 0 radical (unpaired) electrons. The number of amides is 2. The van der Waals surface area contributed by atoms with E-state index < -0.39 is 17.2 Å². The zero-order chi connectivity index (χ0) is 25.0. The van der Waals surface area contributed by atoms with Crippen molar-refractivity contribution in [3.05, 3.63) is 41.5 Å². The standard InChI is InChI=1S/C22H27F3N4O5S/c1-32-9-6-19-26-20(34-27-19)17-12-16(15-2-4-18(5-3-15)33-22(23,24)25)13-29(14-17)21(30)28-7-10-35(31)11-8-28/h2-5,16-17H,6-14H2,1H3. The number of hydrogen-bond donors (Lipinski definition) is 0. The molecule has 3 heterocycles. The minimum atomic E-state index is -4.77. The van der Waals surface area contributed by atoms with Gasteiger partial charge in [0.1, 0.15) is 5.75 Å². The lowest BCUT2D eigenvalue weighted by atomic mass is 9.84. The van der Waals surface area contributed by atoms with Crippen molar-refractivity contribution >= 4 is 16.8 Å². The van der Waals surface area contributed by atoms with Gasteiger partial charge in [-0.25, -0.2) is 4.79 Å². The van der Waals surface area contributed by atoms with E-state index in [-0.39, 0.29) is 23.6 Å². The molecule has 192 valence electrons. The summed E-state index contributed by atoms with van der Waals surface area (Å²) >= 11 is 0. The molecule has 2 amide bonds. The minimum Gasteiger partial charge on any atom is -0.406 e. The van der Waals surface area contributed by atoms with E-state index in [4.69, 9.17) is 9.26 Å². The van der Waals surface area contributed by atoms with E-state index in [0.29, 0.717) is 68.8 Å². The average molecular weight is 517 g/mol. The molecule has 13 heteroatoms. The third kappa shape index (κ3) is 6.72. The number of nitrogens with zero attached hydrogens (tertiary/aromatic N) is 4. The molecule has 9 nitrogen and oxygen atoms in total. The molecular formula is C22H27F3N4O5S. The smallest absolute Gasteiger partial charge is 0.406 e. The molecule has 35 heavy (non-hydrogen) atoms. The Bertz CT molecular complexity index is 1020. The molecule has 0 bridgehead atoms. The number of likely N-dealkylation sites (tertiary alicyclic amines) is 1. The minimum absolute atomic E-state index is 0.160. The van der Waals surface area contributed by atoms with Crippen molar-refractivity contribution in [2.75, 3.05) is 51.4 Å². The van der Waals surface area contributed by atoms with Crippen LogP contribution in [0, 0.1) is 0 Å². The number of methoxy groups -OCH3 is 1. The number of benzene rings is 1. The maximum Gasteiger partial charge on any atom is 0.573 e. The number of ether oxygens (including phenoxy) is 2. The van der Waals surface area contributed by atoms with Crippen LogP contribution in [0.15, 0.2) is 28.8 Å². The van der Waals surface area contributed by atoms with Crippen LogP contribution in [0.5, 0.6) is 5.75 Å². The lowest BCUT2D eigenvalue weighted by Crippen LogP contribution is -2.52. The first-order valence-corrected chi connectivity index (χ1v) is 12.8. The molecule has 0 aliphatic carbocycles. The highest BCUT2D eigenvalue weighted by Crippen LogP contribution is 2.36. The summed E-state index contributed by atoms with van der Waals surface area (Å²) in [6.45, 7) is 2.04. The summed E-state index contributed by atoms with van der Waals surface area (Å²) in [4.78, 5) is 21.2. The van der Waals surface area contributed by atoms with Crippen molar-refractivity contribution < 1.29 is 36.2 Å². The number of carbonyl (C=O) groups excluding carboxylic acids is 1. The van der Waals surface area contributed by atoms with Crippen molar-refractivity contribution in [3.8, 4) is 5.75 Å². The fourth-order valence-electron chi connectivity index (χ4n) is 4.37. The van der Waals surface area contributed by atoms with Crippen molar-refractivity contribution in [1.82, 2.24) is 19.9 Å². The molecule has 2 aliphatic rings. The summed E-state index contributed by atoms with van der Waals surface area (Å²) in [5, 5.41) is 4.00. The zero-order valence-corrected chi connectivity index (χ0v) is 20.0. The normalized spacial score (nSPS) is 21.8. The number of carbonyl (C=O) groups is 1. The predicted molar refractivity (Wildman–Crippen MR) is 120 cm³/mol. The summed E-state index contributed by atoms with van der Waals surface area (Å²) < 4.78 is 63.8. The highest BCUT2D eigenvalue weighted by Gasteiger charge is 2.37. The molecule has 2 fully saturated rings. The van der Waals surface area contributed by atoms with E-state index in [0.717, 1.165) is 5.56 Å². The van der Waals surface area contributed by atoms with E-state index in [9.17, 15) is 22.2 Å². The second-order valence-electron chi connectivity index (χ2n) is 8.56. The molecule has 0 saturated carbocycles. The van der Waals surface area contributed by atoms with Gasteiger partial charge >= 0.3 is 12.4 Å². The third-order valence-electron chi connectivity index (χ3n) is 6.12. The fraction of sp³-hybridized carbons (Fsp3) is 0.591. The summed E-state index contributed by atoms with van der Waals surface area (Å²) in [5.41, 5.74) is 0.779. The van der Waals surface area contributed by atoms with Crippen LogP contribution in [0.25, 0.3) is 0 Å². The van der Waals surface area contributed by atoms with Gasteiger partial charge in [-0.1, -0.05) is 17.3 Å². The molecule has 0 spiro atoms. The number of halogens is 3. The summed E-state index contributed by atoms with van der Waals surface area (Å²) in [5.74, 6) is 1.10. The van der Waals surface area contributed by atoms with Crippen molar-refractivity contribution in [2.24, 2.45) is 0 Å². The van der Waals surface area contributed by atoms with Gasteiger partial charge in [0, 0.05) is 67.9 Å². The molecule has 0 N–H and O–H groups in total. The van der Waals surface area contributed by atoms with E-state index in [1.807, 2.05) is 0 Å². The molecule has 1 aromatic carbocycles. The van der Waals surface area contributed by atoms with Gasteiger partial charge in [-0.3, -0.25) is 4.21 Å². The monoisotopic (exact) mass is 516 g/mol. The van der Waals surface area contributed by atoms with Gasteiger partial charge in [0.25, 0.3) is 0 Å². The number of aromatic nitrogens is 2. The van der Waals surface area contributed by atoms with Gasteiger partial charge in [0.15, 0.2) is 5.82 Å². The molecular weight excluding hydrogens is 489 g/mol. The van der Waals surface area contributed by atoms with Gasteiger partial charge in [-0.15, -0.1) is 13.2 Å². The molecule has 2 atom stereocenters. The maximum atomic E-state index is 13.3. The highest BCUT2D eigenvalue weighted by atomic mass is 32.2. The molecule has 2 aromatic rings. The summed E-state index contributed by atoms with van der Waals surface area (Å²) in [7, 11) is 0.667. The van der Waals surface area contributed by atoms with E-state index in [2.05, 4.69) is 14.9 Å². The molecule has 2 saturated heterocycles. The Balaban J connectivity index is 1.54. The molecule has 1 aromatic heterocycles. The topological polar surface area (TPSA) is 98.0 Å². The lowest BCUT2D eigenvalue weighted by Gasteiger charge is -2.40. The fourth-order valence-corrected chi connectivity index (χ4v) is 5.43. The Morgan fingerprint density at radius 1 is 1.14 bits per heavy atom. The zero-order valence-electron chi connectivity index (χ0n) is 19.2. The Morgan fingerprint density at radius 3 is 2.49 bits per heavy atom. The van der Waals surface area contributed by atoms with Crippen molar-refractivity contribution in [1.29, 1.82) is 0 Å². The first kappa shape index (κ1) is 25.4. The van der Waals surface area contributed by atoms with Crippen LogP contribution in [0.1, 0.15) is 35.5 Å². The number of hydrogen-bond acceptors (Lipinski definition) is 7. The van der Waals surface area contributed by atoms with E-state index in [1.54, 1.807) is 29.0 Å². The molecule has 2 aliphatic heterocycles. The maximum absolute atomic E-state index is 13.3. The predicted octanol–water partition coefficient (Wildman–Crippen LogP) is 2.91. The SMILES string of the molecule is COCCc1noc(C2CC(c3ccc(OC(F)(F)F)cc3)CN(C(=O)N3CCS(=O)CC3)C2)n1. The second kappa shape index (κ2) is 10.9. The van der Waals surface area contributed by atoms with Crippen LogP contribution in [-0.2, 0) is 22.0 Å². The molecule has 2 unspecified atom stereocenters.